The molecule has 7 nitrogen and oxygen atoms in total. The second kappa shape index (κ2) is 6.72. The van der Waals surface area contributed by atoms with Crippen LogP contribution in [0.3, 0.4) is 0 Å². The number of halogens is 2. The van der Waals surface area contributed by atoms with Gasteiger partial charge >= 0.3 is 11.9 Å². The van der Waals surface area contributed by atoms with Crippen LogP contribution >= 0.6 is 0 Å². The summed E-state index contributed by atoms with van der Waals surface area (Å²) in [5, 5.41) is 12.5. The lowest BCUT2D eigenvalue weighted by Crippen LogP contribution is -2.44. The largest absolute Gasteiger partial charge is 0.449 e. The lowest BCUT2D eigenvalue weighted by molar-refractivity contribution is -0.198. The topological polar surface area (TPSA) is 105 Å². The zero-order valence-electron chi connectivity index (χ0n) is 13.4. The average molecular weight is 341 g/mol. The van der Waals surface area contributed by atoms with Gasteiger partial charge < -0.3 is 14.6 Å². The van der Waals surface area contributed by atoms with E-state index in [4.69, 9.17) is 10.3 Å². The number of carbonyl (C=O) groups excluding carboxylic acids is 1. The molecule has 0 spiro atoms. The van der Waals surface area contributed by atoms with Crippen molar-refractivity contribution < 1.29 is 28.2 Å². The highest BCUT2D eigenvalue weighted by Gasteiger charge is 2.60. The Morgan fingerprint density at radius 3 is 2.54 bits per heavy atom. The first kappa shape index (κ1) is 18.1. The summed E-state index contributed by atoms with van der Waals surface area (Å²) < 4.78 is 37.7. The number of rotatable bonds is 4. The molecule has 1 unspecified atom stereocenters. The normalized spacial score (nSPS) is 25.2. The molecular weight excluding hydrogens is 324 g/mol. The Kier molecular flexibility index (Phi) is 5.08. The number of hydrogen-bond acceptors (Lipinski definition) is 5. The van der Waals surface area contributed by atoms with Gasteiger partial charge in [-0.2, -0.15) is 8.78 Å². The Balaban J connectivity index is 2.30. The maximum absolute atomic E-state index is 14.0. The van der Waals surface area contributed by atoms with Gasteiger partial charge in [-0.15, -0.1) is 0 Å². The van der Waals surface area contributed by atoms with E-state index in [-0.39, 0.29) is 5.56 Å². The molecule has 0 aliphatic carbocycles. The van der Waals surface area contributed by atoms with E-state index in [1.165, 1.54) is 0 Å². The molecule has 0 amide bonds. The van der Waals surface area contributed by atoms with Crippen LogP contribution in [0, 0.1) is 20.8 Å². The van der Waals surface area contributed by atoms with E-state index in [9.17, 15) is 18.7 Å². The minimum absolute atomic E-state index is 0.181. The monoisotopic (exact) mass is 341 g/mol. The molecule has 1 heterocycles. The van der Waals surface area contributed by atoms with Crippen molar-refractivity contribution >= 4 is 5.97 Å². The number of aryl methyl sites for hydroxylation is 3. The molecule has 1 N–H and O–H groups in total. The van der Waals surface area contributed by atoms with E-state index in [1.807, 2.05) is 6.92 Å². The predicted octanol–water partition coefficient (Wildman–Crippen LogP) is 2.80. The van der Waals surface area contributed by atoms with Crippen molar-refractivity contribution in [1.29, 1.82) is 0 Å². The molecule has 0 saturated carbocycles. The summed E-state index contributed by atoms with van der Waals surface area (Å²) in [5.74, 6) is -4.75. The van der Waals surface area contributed by atoms with Crippen molar-refractivity contribution in [2.75, 3.05) is 6.54 Å². The average Bonchev–Trinajstić information content (AvgIpc) is 2.67. The lowest BCUT2D eigenvalue weighted by atomic mass is 10.00. The number of nitrogens with zero attached hydrogens (tertiary/aromatic N) is 3. The third kappa shape index (κ3) is 3.33. The molecule has 1 aromatic carbocycles. The molecule has 3 atom stereocenters. The molecule has 9 heteroatoms. The number of carbonyl (C=O) groups is 1. The van der Waals surface area contributed by atoms with Gasteiger partial charge in [-0.05, 0) is 37.4 Å². The van der Waals surface area contributed by atoms with E-state index >= 15 is 0 Å². The summed E-state index contributed by atoms with van der Waals surface area (Å²) in [7, 11) is 0. The van der Waals surface area contributed by atoms with Crippen molar-refractivity contribution in [1.82, 2.24) is 0 Å². The molecule has 1 saturated heterocycles. The zero-order valence-corrected chi connectivity index (χ0v) is 13.4. The highest BCUT2D eigenvalue weighted by molar-refractivity contribution is 5.93. The van der Waals surface area contributed by atoms with Crippen LogP contribution in [-0.4, -0.2) is 42.0 Å². The fraction of sp³-hybridized carbons (Fsp3) is 0.533. The fourth-order valence-corrected chi connectivity index (χ4v) is 2.80. The third-order valence-corrected chi connectivity index (χ3v) is 3.79. The van der Waals surface area contributed by atoms with Crippen LogP contribution in [0.4, 0.5) is 8.78 Å². The van der Waals surface area contributed by atoms with Gasteiger partial charge in [-0.3, -0.25) is 0 Å². The summed E-state index contributed by atoms with van der Waals surface area (Å²) in [6.07, 6.45) is -5.92. The smallest absolute Gasteiger partial charge is 0.339 e. The number of aliphatic hydroxyl groups excluding tert-OH is 1. The van der Waals surface area contributed by atoms with Gasteiger partial charge in [0.1, 0.15) is 6.10 Å². The van der Waals surface area contributed by atoms with Gasteiger partial charge in [0.05, 0.1) is 12.1 Å². The van der Waals surface area contributed by atoms with E-state index in [0.717, 1.165) is 5.56 Å². The Morgan fingerprint density at radius 2 is 2.00 bits per heavy atom. The molecule has 1 fully saturated rings. The number of aliphatic hydroxyl groups is 1. The van der Waals surface area contributed by atoms with Crippen LogP contribution in [-0.2, 0) is 9.47 Å². The molecule has 0 radical (unpaired) electrons. The number of ether oxygens (including phenoxy) is 2. The lowest BCUT2D eigenvalue weighted by Gasteiger charge is -2.23. The zero-order chi connectivity index (χ0) is 18.1. The first-order chi connectivity index (χ1) is 11.2. The number of alkyl halides is 2. The van der Waals surface area contributed by atoms with Crippen molar-refractivity contribution in [3.8, 4) is 0 Å². The quantitative estimate of drug-likeness (QED) is 0.393. The summed E-state index contributed by atoms with van der Waals surface area (Å²) in [5.41, 5.74) is 10.6. The molecular formula is C15H17F2N3O4. The first-order valence-corrected chi connectivity index (χ1v) is 7.19. The predicted molar refractivity (Wildman–Crippen MR) is 79.7 cm³/mol. The standard InChI is InChI=1S/C15H17F2N3O4/c1-7-4-8(2)11(9(3)5-7)13(21)24-12-10(6-19-20-18)23-14(22)15(12,16)17/h4-5,10,12,14,22H,6H2,1-3H3/t10-,12-,14?/m1/s1. The van der Waals surface area contributed by atoms with Crippen LogP contribution < -0.4 is 0 Å². The van der Waals surface area contributed by atoms with Gasteiger partial charge in [-0.1, -0.05) is 22.8 Å². The third-order valence-electron chi connectivity index (χ3n) is 3.79. The van der Waals surface area contributed by atoms with Crippen LogP contribution in [0.1, 0.15) is 27.0 Å². The van der Waals surface area contributed by atoms with E-state index in [1.54, 1.807) is 26.0 Å². The van der Waals surface area contributed by atoms with Gasteiger partial charge in [-0.25, -0.2) is 4.79 Å². The van der Waals surface area contributed by atoms with Crippen molar-refractivity contribution in [3.63, 3.8) is 0 Å². The van der Waals surface area contributed by atoms with Crippen LogP contribution in [0.25, 0.3) is 10.4 Å². The highest BCUT2D eigenvalue weighted by Crippen LogP contribution is 2.38. The van der Waals surface area contributed by atoms with Crippen LogP contribution in [0.15, 0.2) is 17.2 Å². The number of esters is 1. The van der Waals surface area contributed by atoms with Crippen LogP contribution in [0.2, 0.25) is 0 Å². The van der Waals surface area contributed by atoms with Crippen molar-refractivity contribution in [3.05, 3.63) is 44.8 Å². The maximum Gasteiger partial charge on any atom is 0.339 e. The fourth-order valence-electron chi connectivity index (χ4n) is 2.80. The molecule has 1 aliphatic rings. The Hall–Kier alpha value is -2.22. The van der Waals surface area contributed by atoms with Gasteiger partial charge in [0.15, 0.2) is 6.10 Å². The SMILES string of the molecule is Cc1cc(C)c(C(=O)O[C@@H]2[C@@H](CN=[N+]=[N-])OC(O)C2(F)F)c(C)c1. The summed E-state index contributed by atoms with van der Waals surface area (Å²) in [6, 6.07) is 3.47. The molecule has 2 rings (SSSR count). The van der Waals surface area contributed by atoms with Crippen molar-refractivity contribution in [2.45, 2.75) is 45.2 Å². The van der Waals surface area contributed by atoms with Crippen LogP contribution in [0.5, 0.6) is 0 Å². The molecule has 1 aromatic rings. The molecule has 0 bridgehead atoms. The second-order valence-corrected chi connectivity index (χ2v) is 5.71. The number of hydrogen-bond donors (Lipinski definition) is 1. The molecule has 24 heavy (non-hydrogen) atoms. The van der Waals surface area contributed by atoms with Crippen molar-refractivity contribution in [2.24, 2.45) is 5.11 Å². The summed E-state index contributed by atoms with van der Waals surface area (Å²) in [6.45, 7) is 4.70. The van der Waals surface area contributed by atoms with Gasteiger partial charge in [0.25, 0.3) is 0 Å². The number of azide groups is 1. The van der Waals surface area contributed by atoms with Gasteiger partial charge in [0.2, 0.25) is 6.29 Å². The van der Waals surface area contributed by atoms with E-state index in [2.05, 4.69) is 14.8 Å². The van der Waals surface area contributed by atoms with E-state index < -0.39 is 36.9 Å². The highest BCUT2D eigenvalue weighted by atomic mass is 19.3. The van der Waals surface area contributed by atoms with E-state index in [0.29, 0.717) is 11.1 Å². The molecule has 130 valence electrons. The second-order valence-electron chi connectivity index (χ2n) is 5.71. The summed E-state index contributed by atoms with van der Waals surface area (Å²) in [4.78, 5) is 14.8. The molecule has 1 aliphatic heterocycles. The van der Waals surface area contributed by atoms with Gasteiger partial charge in [0, 0.05) is 4.91 Å². The maximum atomic E-state index is 14.0. The minimum Gasteiger partial charge on any atom is -0.449 e. The molecule has 0 aromatic heterocycles. The Labute approximate surface area is 136 Å². The first-order valence-electron chi connectivity index (χ1n) is 7.19. The Bertz CT molecular complexity index is 681. The number of benzene rings is 1. The minimum atomic E-state index is -3.81. The Morgan fingerprint density at radius 1 is 1.42 bits per heavy atom. The summed E-state index contributed by atoms with van der Waals surface area (Å²) >= 11 is 0.